The van der Waals surface area contributed by atoms with Crippen molar-refractivity contribution in [3.8, 4) is 28.3 Å². The maximum absolute atomic E-state index is 7.14. The van der Waals surface area contributed by atoms with Gasteiger partial charge in [0.2, 0.25) is 0 Å². The molecular weight excluding hydrogens is 649 g/mol. The first-order valence-corrected chi connectivity index (χ1v) is 18.2. The number of para-hydroxylation sites is 7. The van der Waals surface area contributed by atoms with E-state index in [4.69, 9.17) is 9.15 Å². The van der Waals surface area contributed by atoms with Crippen molar-refractivity contribution in [3.05, 3.63) is 192 Å². The highest BCUT2D eigenvalue weighted by Crippen LogP contribution is 2.66. The largest absolute Gasteiger partial charge is 0.454 e. The second-order valence-corrected chi connectivity index (χ2v) is 14.4. The van der Waals surface area contributed by atoms with Gasteiger partial charge in [-0.3, -0.25) is 4.90 Å². The maximum atomic E-state index is 7.14. The summed E-state index contributed by atoms with van der Waals surface area (Å²) in [4.78, 5) is 2.33. The molecule has 4 heterocycles. The Balaban J connectivity index is 1.16. The van der Waals surface area contributed by atoms with Crippen molar-refractivity contribution in [2.24, 2.45) is 0 Å². The van der Waals surface area contributed by atoms with Gasteiger partial charge in [0.1, 0.15) is 5.58 Å². The summed E-state index contributed by atoms with van der Waals surface area (Å²) in [7, 11) is 0. The van der Waals surface area contributed by atoms with Crippen molar-refractivity contribution in [1.29, 1.82) is 0 Å². The molecule has 2 aromatic heterocycles. The summed E-state index contributed by atoms with van der Waals surface area (Å²) in [5.74, 6) is 1.67. The maximum Gasteiger partial charge on any atom is 0.159 e. The minimum absolute atomic E-state index is 0.564. The third-order valence-corrected chi connectivity index (χ3v) is 12.0. The van der Waals surface area contributed by atoms with E-state index in [1.54, 1.807) is 0 Å². The van der Waals surface area contributed by atoms with Gasteiger partial charge in [-0.2, -0.15) is 0 Å². The van der Waals surface area contributed by atoms with Crippen LogP contribution < -0.4 is 9.64 Å². The van der Waals surface area contributed by atoms with E-state index in [1.165, 1.54) is 55.3 Å². The van der Waals surface area contributed by atoms with Crippen LogP contribution in [0.3, 0.4) is 0 Å². The summed E-state index contributed by atoms with van der Waals surface area (Å²) < 4.78 is 16.3. The van der Waals surface area contributed by atoms with Gasteiger partial charge in [-0.1, -0.05) is 127 Å². The van der Waals surface area contributed by atoms with Crippen LogP contribution >= 0.6 is 0 Å². The predicted octanol–water partition coefficient (Wildman–Crippen LogP) is 12.9. The Morgan fingerprint density at radius 1 is 0.434 bits per heavy atom. The van der Waals surface area contributed by atoms with Gasteiger partial charge in [0.15, 0.2) is 17.1 Å². The molecule has 3 aliphatic rings. The number of ether oxygens (including phenoxy) is 1. The standard InChI is InChI=1S/C49H28N2O2/c1-4-18-34-33(15-1)45-36(49(34)35-19-5-7-22-39(35)51-38-21-6-2-13-29(38)31-16-11-20-37(49)46(31)51)27-28-42-48(45)53-44-26-10-8-23-40(44)50(42)41-24-12-17-32-30-14-3-9-25-43(30)52-47(32)41/h1-28H. The molecule has 1 aliphatic carbocycles. The number of nitrogens with zero attached hydrogens (tertiary/aromatic N) is 2. The molecule has 0 fully saturated rings. The SMILES string of the molecule is c1ccc2c(c1)Oc1c(ccc3c1-c1ccccc1C31c3ccccc3-n3c4ccccc4c4cccc1c43)N2c1cccc2c1oc1ccccc12. The van der Waals surface area contributed by atoms with Gasteiger partial charge in [0.25, 0.3) is 0 Å². The fourth-order valence-electron chi connectivity index (χ4n) is 10.0. The smallest absolute Gasteiger partial charge is 0.159 e. The van der Waals surface area contributed by atoms with Crippen molar-refractivity contribution >= 4 is 60.8 Å². The van der Waals surface area contributed by atoms with Crippen LogP contribution in [-0.2, 0) is 5.41 Å². The minimum Gasteiger partial charge on any atom is -0.454 e. The number of fused-ring (bicyclic) bond motifs is 18. The number of anilines is 3. The van der Waals surface area contributed by atoms with E-state index in [2.05, 4.69) is 167 Å². The predicted molar refractivity (Wildman–Crippen MR) is 214 cm³/mol. The van der Waals surface area contributed by atoms with Crippen molar-refractivity contribution in [2.45, 2.75) is 5.41 Å². The van der Waals surface area contributed by atoms with Gasteiger partial charge < -0.3 is 13.7 Å². The topological polar surface area (TPSA) is 30.5 Å². The molecule has 1 unspecified atom stereocenters. The molecule has 13 rings (SSSR count). The third kappa shape index (κ3) is 3.20. The van der Waals surface area contributed by atoms with E-state index in [1.807, 2.05) is 12.1 Å². The quantitative estimate of drug-likeness (QED) is 0.173. The molecule has 2 aliphatic heterocycles. The van der Waals surface area contributed by atoms with Gasteiger partial charge in [0, 0.05) is 27.1 Å². The number of hydrogen-bond acceptors (Lipinski definition) is 3. The molecule has 0 amide bonds. The fraction of sp³-hybridized carbons (Fsp3) is 0.0204. The molecule has 0 bridgehead atoms. The van der Waals surface area contributed by atoms with Gasteiger partial charge in [-0.15, -0.1) is 0 Å². The lowest BCUT2D eigenvalue weighted by atomic mass is 9.65. The number of furan rings is 1. The van der Waals surface area contributed by atoms with E-state index >= 15 is 0 Å². The average molecular weight is 677 g/mol. The Morgan fingerprint density at radius 2 is 1.11 bits per heavy atom. The highest BCUT2D eigenvalue weighted by Gasteiger charge is 2.52. The monoisotopic (exact) mass is 676 g/mol. The van der Waals surface area contributed by atoms with E-state index in [9.17, 15) is 0 Å². The van der Waals surface area contributed by atoms with Crippen molar-refractivity contribution in [1.82, 2.24) is 4.57 Å². The zero-order chi connectivity index (χ0) is 34.4. The zero-order valence-electron chi connectivity index (χ0n) is 28.4. The molecule has 0 saturated carbocycles. The molecule has 246 valence electrons. The average Bonchev–Trinajstić information content (AvgIpc) is 3.87. The van der Waals surface area contributed by atoms with Crippen LogP contribution in [0.2, 0.25) is 0 Å². The molecule has 0 saturated heterocycles. The van der Waals surface area contributed by atoms with Gasteiger partial charge >= 0.3 is 0 Å². The van der Waals surface area contributed by atoms with Crippen LogP contribution in [0.25, 0.3) is 60.6 Å². The molecule has 1 atom stereocenters. The van der Waals surface area contributed by atoms with Gasteiger partial charge in [-0.05, 0) is 70.3 Å². The first kappa shape index (κ1) is 27.7. The summed E-state index contributed by atoms with van der Waals surface area (Å²) in [5, 5.41) is 4.74. The second-order valence-electron chi connectivity index (χ2n) is 14.4. The Bertz CT molecular complexity index is 3240. The minimum atomic E-state index is -0.564. The van der Waals surface area contributed by atoms with Crippen LogP contribution in [0.1, 0.15) is 22.3 Å². The highest BCUT2D eigenvalue weighted by molar-refractivity contribution is 6.14. The molecule has 4 nitrogen and oxygen atoms in total. The number of benzene rings is 8. The number of aromatic nitrogens is 1. The summed E-state index contributed by atoms with van der Waals surface area (Å²) in [6.45, 7) is 0. The lowest BCUT2D eigenvalue weighted by molar-refractivity contribution is 0.478. The van der Waals surface area contributed by atoms with Crippen LogP contribution in [-0.4, -0.2) is 4.57 Å². The summed E-state index contributed by atoms with van der Waals surface area (Å²) in [5.41, 5.74) is 15.2. The first-order chi connectivity index (χ1) is 26.3. The van der Waals surface area contributed by atoms with E-state index < -0.39 is 5.41 Å². The van der Waals surface area contributed by atoms with Gasteiger partial charge in [0.05, 0.1) is 39.2 Å². The lowest BCUT2D eigenvalue weighted by Crippen LogP contribution is -2.33. The third-order valence-electron chi connectivity index (χ3n) is 12.0. The Morgan fingerprint density at radius 3 is 2.06 bits per heavy atom. The number of rotatable bonds is 1. The zero-order valence-corrected chi connectivity index (χ0v) is 28.4. The lowest BCUT2D eigenvalue weighted by Gasteiger charge is -2.40. The van der Waals surface area contributed by atoms with Gasteiger partial charge in [-0.25, -0.2) is 0 Å². The Kier molecular flexibility index (Phi) is 5.03. The molecule has 4 heteroatoms. The number of hydrogen-bond donors (Lipinski definition) is 0. The molecule has 0 radical (unpaired) electrons. The summed E-state index contributed by atoms with van der Waals surface area (Å²) >= 11 is 0. The Labute approximate surface area is 304 Å². The summed E-state index contributed by atoms with van der Waals surface area (Å²) in [6.07, 6.45) is 0. The van der Waals surface area contributed by atoms with Crippen LogP contribution in [0.4, 0.5) is 17.1 Å². The van der Waals surface area contributed by atoms with E-state index in [0.717, 1.165) is 56.1 Å². The first-order valence-electron chi connectivity index (χ1n) is 18.2. The van der Waals surface area contributed by atoms with E-state index in [0.29, 0.717) is 0 Å². The van der Waals surface area contributed by atoms with Crippen molar-refractivity contribution in [2.75, 3.05) is 4.90 Å². The molecule has 1 spiro atoms. The molecular formula is C49H28N2O2. The Hall–Kier alpha value is -7.04. The normalized spacial score (nSPS) is 16.1. The van der Waals surface area contributed by atoms with Crippen molar-refractivity contribution in [3.63, 3.8) is 0 Å². The fourth-order valence-corrected chi connectivity index (χ4v) is 10.0. The molecule has 8 aromatic carbocycles. The molecule has 0 N–H and O–H groups in total. The van der Waals surface area contributed by atoms with Crippen LogP contribution in [0.15, 0.2) is 174 Å². The molecule has 10 aromatic rings. The van der Waals surface area contributed by atoms with Crippen LogP contribution in [0, 0.1) is 0 Å². The summed E-state index contributed by atoms with van der Waals surface area (Å²) in [6, 6.07) is 61.4. The van der Waals surface area contributed by atoms with Crippen LogP contribution in [0.5, 0.6) is 11.5 Å². The highest BCUT2D eigenvalue weighted by atomic mass is 16.5. The molecule has 53 heavy (non-hydrogen) atoms. The van der Waals surface area contributed by atoms with E-state index in [-0.39, 0.29) is 0 Å². The second kappa shape index (κ2) is 9.64. The van der Waals surface area contributed by atoms with Crippen molar-refractivity contribution < 1.29 is 9.15 Å².